The van der Waals surface area contributed by atoms with Crippen LogP contribution in [0, 0.1) is 12.3 Å². The number of nitrogen functional groups attached to an aromatic ring is 1. The average molecular weight is 516 g/mol. The van der Waals surface area contributed by atoms with E-state index in [0.717, 1.165) is 38.0 Å². The van der Waals surface area contributed by atoms with Crippen LogP contribution in [0.2, 0.25) is 5.02 Å². The molecular formula is C27H22ClN5S2. The number of hydrogen-bond donors (Lipinski definition) is 3. The molecule has 3 aromatic carbocycles. The largest absolute Gasteiger partial charge is 0.399 e. The predicted octanol–water partition coefficient (Wildman–Crippen LogP) is 7.26. The molecule has 4 rings (SSSR count). The van der Waals surface area contributed by atoms with Gasteiger partial charge in [-0.3, -0.25) is 0 Å². The van der Waals surface area contributed by atoms with E-state index in [4.69, 9.17) is 33.7 Å². The molecule has 0 aliphatic heterocycles. The number of terminal acetylenes is 1. The van der Waals surface area contributed by atoms with Crippen molar-refractivity contribution in [2.24, 2.45) is 0 Å². The summed E-state index contributed by atoms with van der Waals surface area (Å²) in [5.74, 6) is 4.51. The van der Waals surface area contributed by atoms with Gasteiger partial charge in [0.15, 0.2) is 11.6 Å². The van der Waals surface area contributed by atoms with Gasteiger partial charge in [0.25, 0.3) is 0 Å². The third kappa shape index (κ3) is 7.20. The summed E-state index contributed by atoms with van der Waals surface area (Å²) in [5, 5.41) is 4.01. The highest BCUT2D eigenvalue weighted by atomic mass is 35.5. The van der Waals surface area contributed by atoms with Crippen molar-refractivity contribution in [3.63, 3.8) is 0 Å². The number of allylic oxidation sites excluding steroid dienone is 2. The number of hydrogen-bond acceptors (Lipinski definition) is 7. The lowest BCUT2D eigenvalue weighted by Gasteiger charge is -2.13. The van der Waals surface area contributed by atoms with Crippen LogP contribution in [0.3, 0.4) is 0 Å². The van der Waals surface area contributed by atoms with E-state index in [1.807, 2.05) is 84.9 Å². The number of rotatable bonds is 9. The number of nitrogens with zero attached hydrogens (tertiary/aromatic N) is 2. The number of anilines is 3. The fraction of sp³-hybridized carbons (Fsp3) is 0.0370. The van der Waals surface area contributed by atoms with Crippen LogP contribution in [0.15, 0.2) is 107 Å². The van der Waals surface area contributed by atoms with E-state index in [1.54, 1.807) is 17.8 Å². The first kappa shape index (κ1) is 24.6. The highest BCUT2D eigenvalue weighted by Crippen LogP contribution is 2.28. The Morgan fingerprint density at radius 2 is 1.71 bits per heavy atom. The van der Waals surface area contributed by atoms with Crippen LogP contribution in [0.5, 0.6) is 0 Å². The molecule has 1 heterocycles. The van der Waals surface area contributed by atoms with Crippen LogP contribution < -0.4 is 15.8 Å². The van der Waals surface area contributed by atoms with E-state index in [2.05, 4.69) is 16.0 Å². The molecule has 0 atom stereocenters. The number of para-hydroxylation sites is 2. The Hall–Kier alpha value is -3.57. The molecule has 0 saturated carbocycles. The quantitative estimate of drug-likeness (QED) is 0.0711. The van der Waals surface area contributed by atoms with E-state index < -0.39 is 0 Å². The maximum atomic E-state index is 6.00. The fourth-order valence-electron chi connectivity index (χ4n) is 3.04. The standard InChI is InChI=1S/C27H22ClN5S2/c1-2-7-21(9-6-17-34-23-10-5-8-20(29)18-23)30-26-27(32-25-12-4-3-11-24(25)31-26)33-35-22-15-13-19(28)14-16-22/h1,3-16,18H,17,29H2,(H,30,31)(H,32,33)/b9-6-,21-7+. The first-order valence-electron chi connectivity index (χ1n) is 10.6. The van der Waals surface area contributed by atoms with E-state index in [0.29, 0.717) is 16.7 Å². The van der Waals surface area contributed by atoms with Gasteiger partial charge in [0.05, 0.1) is 11.0 Å². The normalized spacial score (nSPS) is 11.5. The van der Waals surface area contributed by atoms with Crippen LogP contribution in [-0.2, 0) is 0 Å². The summed E-state index contributed by atoms with van der Waals surface area (Å²) in [6.07, 6.45) is 11.2. The summed E-state index contributed by atoms with van der Waals surface area (Å²) in [6, 6.07) is 23.1. The number of fused-ring (bicyclic) bond motifs is 1. The average Bonchev–Trinajstić information content (AvgIpc) is 2.86. The van der Waals surface area contributed by atoms with E-state index >= 15 is 0 Å². The molecule has 0 bridgehead atoms. The molecule has 0 saturated heterocycles. The molecule has 0 spiro atoms. The summed E-state index contributed by atoms with van der Waals surface area (Å²) < 4.78 is 3.30. The van der Waals surface area contributed by atoms with Crippen LogP contribution >= 0.6 is 35.3 Å². The molecule has 5 nitrogen and oxygen atoms in total. The molecule has 0 radical (unpaired) electrons. The number of benzene rings is 3. The summed E-state index contributed by atoms with van der Waals surface area (Å²) in [4.78, 5) is 11.6. The maximum Gasteiger partial charge on any atom is 0.180 e. The summed E-state index contributed by atoms with van der Waals surface area (Å²) in [5.41, 5.74) is 8.90. The van der Waals surface area contributed by atoms with Gasteiger partial charge >= 0.3 is 0 Å². The topological polar surface area (TPSA) is 75.9 Å². The number of nitrogens with two attached hydrogens (primary N) is 1. The lowest BCUT2D eigenvalue weighted by atomic mass is 10.3. The van der Waals surface area contributed by atoms with Crippen molar-refractivity contribution in [1.29, 1.82) is 0 Å². The number of halogens is 1. The molecule has 0 aliphatic rings. The van der Waals surface area contributed by atoms with Gasteiger partial charge in [-0.1, -0.05) is 41.8 Å². The lowest BCUT2D eigenvalue weighted by molar-refractivity contribution is 1.27. The molecule has 0 amide bonds. The minimum atomic E-state index is 0.569. The molecule has 174 valence electrons. The van der Waals surface area contributed by atoms with Crippen LogP contribution in [0.4, 0.5) is 17.3 Å². The Balaban J connectivity index is 1.52. The van der Waals surface area contributed by atoms with Crippen LogP contribution in [-0.4, -0.2) is 15.7 Å². The Kier molecular flexibility index (Phi) is 8.58. The summed E-state index contributed by atoms with van der Waals surface area (Å²) >= 11 is 9.11. The van der Waals surface area contributed by atoms with Gasteiger partial charge in [0.1, 0.15) is 0 Å². The van der Waals surface area contributed by atoms with Gasteiger partial charge in [-0.05, 0) is 72.6 Å². The number of aromatic nitrogens is 2. The van der Waals surface area contributed by atoms with Crippen LogP contribution in [0.1, 0.15) is 0 Å². The molecule has 4 aromatic rings. The highest BCUT2D eigenvalue weighted by Gasteiger charge is 2.10. The first-order chi connectivity index (χ1) is 17.1. The zero-order valence-electron chi connectivity index (χ0n) is 18.6. The lowest BCUT2D eigenvalue weighted by Crippen LogP contribution is -2.05. The highest BCUT2D eigenvalue weighted by molar-refractivity contribution is 8.00. The molecule has 0 aliphatic carbocycles. The Morgan fingerprint density at radius 1 is 0.971 bits per heavy atom. The molecule has 0 fully saturated rings. The van der Waals surface area contributed by atoms with Crippen molar-refractivity contribution in [1.82, 2.24) is 9.97 Å². The van der Waals surface area contributed by atoms with Gasteiger partial charge in [-0.2, -0.15) is 0 Å². The van der Waals surface area contributed by atoms with E-state index in [-0.39, 0.29) is 0 Å². The monoisotopic (exact) mass is 515 g/mol. The molecule has 4 N–H and O–H groups in total. The van der Waals surface area contributed by atoms with Crippen molar-refractivity contribution in [3.8, 4) is 12.3 Å². The third-order valence-corrected chi connectivity index (χ3v) is 6.65. The Morgan fingerprint density at radius 3 is 2.43 bits per heavy atom. The van der Waals surface area contributed by atoms with Gasteiger partial charge in [-0.25, -0.2) is 9.97 Å². The zero-order valence-corrected chi connectivity index (χ0v) is 21.0. The first-order valence-corrected chi connectivity index (χ1v) is 12.8. The second kappa shape index (κ2) is 12.2. The van der Waals surface area contributed by atoms with Crippen molar-refractivity contribution < 1.29 is 0 Å². The third-order valence-electron chi connectivity index (χ3n) is 4.65. The predicted molar refractivity (Wildman–Crippen MR) is 152 cm³/mol. The zero-order chi connectivity index (χ0) is 24.5. The van der Waals surface area contributed by atoms with Crippen molar-refractivity contribution >= 4 is 63.7 Å². The second-order valence-corrected chi connectivity index (χ2v) is 9.65. The summed E-state index contributed by atoms with van der Waals surface area (Å²) in [7, 11) is 0. The molecule has 8 heteroatoms. The van der Waals surface area contributed by atoms with Crippen molar-refractivity contribution in [2.45, 2.75) is 9.79 Å². The van der Waals surface area contributed by atoms with Crippen LogP contribution in [0.25, 0.3) is 11.0 Å². The van der Waals surface area contributed by atoms with Gasteiger partial charge < -0.3 is 15.8 Å². The Labute approximate surface area is 218 Å². The van der Waals surface area contributed by atoms with Gasteiger partial charge in [0, 0.05) is 38.0 Å². The van der Waals surface area contributed by atoms with Gasteiger partial charge in [-0.15, -0.1) is 18.2 Å². The van der Waals surface area contributed by atoms with Gasteiger partial charge in [0.2, 0.25) is 0 Å². The van der Waals surface area contributed by atoms with Crippen molar-refractivity contribution in [2.75, 3.05) is 21.5 Å². The minimum absolute atomic E-state index is 0.569. The minimum Gasteiger partial charge on any atom is -0.399 e. The smallest absolute Gasteiger partial charge is 0.180 e. The molecule has 35 heavy (non-hydrogen) atoms. The van der Waals surface area contributed by atoms with Crippen molar-refractivity contribution in [3.05, 3.63) is 102 Å². The number of nitrogens with one attached hydrogen (secondary N) is 2. The maximum absolute atomic E-state index is 6.00. The molecule has 1 aromatic heterocycles. The SMILES string of the molecule is C#C/C=C(\C=C/CSc1cccc(N)c1)Nc1nc2ccccc2nc1NSc1ccc(Cl)cc1. The second-order valence-electron chi connectivity index (χ2n) is 7.24. The van der Waals surface area contributed by atoms with E-state index in [1.165, 1.54) is 11.9 Å². The fourth-order valence-corrected chi connectivity index (χ4v) is 4.58. The summed E-state index contributed by atoms with van der Waals surface area (Å²) in [6.45, 7) is 0. The molecular weight excluding hydrogens is 494 g/mol. The van der Waals surface area contributed by atoms with E-state index in [9.17, 15) is 0 Å². The number of thioether (sulfide) groups is 1. The molecule has 0 unspecified atom stereocenters. The Bertz CT molecular complexity index is 1410.